The number of ether oxygens (including phenoxy) is 1. The molecule has 0 aliphatic carbocycles. The van der Waals surface area contributed by atoms with E-state index in [1.54, 1.807) is 11.9 Å². The first-order valence-electron chi connectivity index (χ1n) is 6.31. The third kappa shape index (κ3) is 4.47. The van der Waals surface area contributed by atoms with Crippen LogP contribution >= 0.6 is 0 Å². The number of carbonyl (C=O) groups excluding carboxylic acids is 1. The van der Waals surface area contributed by atoms with E-state index in [9.17, 15) is 4.79 Å². The molecule has 0 bridgehead atoms. The van der Waals surface area contributed by atoms with Gasteiger partial charge in [-0.3, -0.25) is 4.79 Å². The second kappa shape index (κ2) is 7.84. The van der Waals surface area contributed by atoms with Gasteiger partial charge in [0, 0.05) is 25.7 Å². The van der Waals surface area contributed by atoms with Crippen molar-refractivity contribution in [3.8, 4) is 0 Å². The monoisotopic (exact) mass is 250 g/mol. The molecule has 4 heteroatoms. The SMILES string of the molecule is CCc1ccc(C(=O)N(C)CCOCCN)cc1. The van der Waals surface area contributed by atoms with Crippen molar-refractivity contribution in [1.82, 2.24) is 4.90 Å². The number of hydrogen-bond donors (Lipinski definition) is 1. The van der Waals surface area contributed by atoms with E-state index in [0.717, 1.165) is 6.42 Å². The van der Waals surface area contributed by atoms with Crippen LogP contribution in [0.25, 0.3) is 0 Å². The Balaban J connectivity index is 2.46. The number of benzene rings is 1. The highest BCUT2D eigenvalue weighted by Gasteiger charge is 2.10. The zero-order valence-corrected chi connectivity index (χ0v) is 11.2. The molecule has 0 heterocycles. The molecule has 0 atom stereocenters. The van der Waals surface area contributed by atoms with E-state index in [-0.39, 0.29) is 5.91 Å². The Morgan fingerprint density at radius 3 is 2.50 bits per heavy atom. The zero-order chi connectivity index (χ0) is 13.4. The summed E-state index contributed by atoms with van der Waals surface area (Å²) in [5.41, 5.74) is 7.27. The quantitative estimate of drug-likeness (QED) is 0.742. The first-order chi connectivity index (χ1) is 8.69. The van der Waals surface area contributed by atoms with Gasteiger partial charge < -0.3 is 15.4 Å². The minimum absolute atomic E-state index is 0.0222. The van der Waals surface area contributed by atoms with Crippen molar-refractivity contribution >= 4 is 5.91 Å². The Hall–Kier alpha value is -1.39. The maximum Gasteiger partial charge on any atom is 0.253 e. The highest BCUT2D eigenvalue weighted by molar-refractivity contribution is 5.94. The number of amides is 1. The number of hydrogen-bond acceptors (Lipinski definition) is 3. The Bertz CT molecular complexity index is 363. The van der Waals surface area contributed by atoms with Crippen LogP contribution in [0.15, 0.2) is 24.3 Å². The maximum atomic E-state index is 12.1. The summed E-state index contributed by atoms with van der Waals surface area (Å²) >= 11 is 0. The lowest BCUT2D eigenvalue weighted by Gasteiger charge is -2.17. The van der Waals surface area contributed by atoms with Gasteiger partial charge >= 0.3 is 0 Å². The van der Waals surface area contributed by atoms with Gasteiger partial charge in [-0.2, -0.15) is 0 Å². The summed E-state index contributed by atoms with van der Waals surface area (Å²) in [6, 6.07) is 7.73. The normalized spacial score (nSPS) is 10.4. The average Bonchev–Trinajstić information content (AvgIpc) is 2.42. The summed E-state index contributed by atoms with van der Waals surface area (Å²) in [5, 5.41) is 0. The molecule has 1 rings (SSSR count). The first kappa shape index (κ1) is 14.7. The van der Waals surface area contributed by atoms with Gasteiger partial charge in [-0.15, -0.1) is 0 Å². The molecule has 0 saturated heterocycles. The predicted molar refractivity (Wildman–Crippen MR) is 72.7 cm³/mol. The van der Waals surface area contributed by atoms with Crippen molar-refractivity contribution in [3.63, 3.8) is 0 Å². The molecule has 0 unspecified atom stereocenters. The highest BCUT2D eigenvalue weighted by Crippen LogP contribution is 2.07. The van der Waals surface area contributed by atoms with E-state index in [1.165, 1.54) is 5.56 Å². The number of likely N-dealkylation sites (N-methyl/N-ethyl adjacent to an activating group) is 1. The van der Waals surface area contributed by atoms with Crippen LogP contribution in [-0.4, -0.2) is 44.2 Å². The molecule has 4 nitrogen and oxygen atoms in total. The Morgan fingerprint density at radius 1 is 1.28 bits per heavy atom. The molecule has 2 N–H and O–H groups in total. The van der Waals surface area contributed by atoms with Crippen LogP contribution < -0.4 is 5.73 Å². The molecular formula is C14H22N2O2. The molecule has 0 spiro atoms. The van der Waals surface area contributed by atoms with Gasteiger partial charge in [0.2, 0.25) is 0 Å². The third-order valence-corrected chi connectivity index (χ3v) is 2.79. The van der Waals surface area contributed by atoms with Gasteiger partial charge in [0.15, 0.2) is 0 Å². The maximum absolute atomic E-state index is 12.1. The van der Waals surface area contributed by atoms with Crippen molar-refractivity contribution in [3.05, 3.63) is 35.4 Å². The summed E-state index contributed by atoms with van der Waals surface area (Å²) < 4.78 is 5.26. The Morgan fingerprint density at radius 2 is 1.94 bits per heavy atom. The molecule has 100 valence electrons. The number of rotatable bonds is 7. The largest absolute Gasteiger partial charge is 0.378 e. The fourth-order valence-electron chi connectivity index (χ4n) is 1.59. The summed E-state index contributed by atoms with van der Waals surface area (Å²) in [4.78, 5) is 13.7. The van der Waals surface area contributed by atoms with Gasteiger partial charge in [0.25, 0.3) is 5.91 Å². The molecule has 1 aromatic carbocycles. The number of nitrogens with zero attached hydrogens (tertiary/aromatic N) is 1. The van der Waals surface area contributed by atoms with Gasteiger partial charge in [-0.25, -0.2) is 0 Å². The minimum atomic E-state index is 0.0222. The molecule has 1 aromatic rings. The topological polar surface area (TPSA) is 55.6 Å². The van der Waals surface area contributed by atoms with E-state index in [4.69, 9.17) is 10.5 Å². The van der Waals surface area contributed by atoms with Crippen molar-refractivity contribution in [2.75, 3.05) is 33.4 Å². The lowest BCUT2D eigenvalue weighted by atomic mass is 10.1. The van der Waals surface area contributed by atoms with Crippen LogP contribution in [0.5, 0.6) is 0 Å². The van der Waals surface area contributed by atoms with Gasteiger partial charge in [-0.1, -0.05) is 19.1 Å². The third-order valence-electron chi connectivity index (χ3n) is 2.79. The molecular weight excluding hydrogens is 228 g/mol. The number of nitrogens with two attached hydrogens (primary N) is 1. The van der Waals surface area contributed by atoms with Crippen LogP contribution in [0.3, 0.4) is 0 Å². The molecule has 1 amide bonds. The van der Waals surface area contributed by atoms with Crippen LogP contribution in [-0.2, 0) is 11.2 Å². The van der Waals surface area contributed by atoms with E-state index in [1.807, 2.05) is 24.3 Å². The molecule has 0 aromatic heterocycles. The van der Waals surface area contributed by atoms with Crippen LogP contribution in [0.1, 0.15) is 22.8 Å². The fourth-order valence-corrected chi connectivity index (χ4v) is 1.59. The van der Waals surface area contributed by atoms with Crippen LogP contribution in [0, 0.1) is 0 Å². The first-order valence-corrected chi connectivity index (χ1v) is 6.31. The van der Waals surface area contributed by atoms with Crippen LogP contribution in [0.2, 0.25) is 0 Å². The minimum Gasteiger partial charge on any atom is -0.378 e. The second-order valence-corrected chi connectivity index (χ2v) is 4.18. The molecule has 18 heavy (non-hydrogen) atoms. The van der Waals surface area contributed by atoms with Gasteiger partial charge in [0.1, 0.15) is 0 Å². The van der Waals surface area contributed by atoms with Crippen molar-refractivity contribution < 1.29 is 9.53 Å². The van der Waals surface area contributed by atoms with E-state index < -0.39 is 0 Å². The van der Waals surface area contributed by atoms with Crippen LogP contribution in [0.4, 0.5) is 0 Å². The smallest absolute Gasteiger partial charge is 0.253 e. The molecule has 0 saturated carbocycles. The lowest BCUT2D eigenvalue weighted by molar-refractivity contribution is 0.0704. The molecule has 0 fully saturated rings. The fraction of sp³-hybridized carbons (Fsp3) is 0.500. The number of carbonyl (C=O) groups is 1. The average molecular weight is 250 g/mol. The van der Waals surface area contributed by atoms with Gasteiger partial charge in [-0.05, 0) is 24.1 Å². The summed E-state index contributed by atoms with van der Waals surface area (Å²) in [6.45, 7) is 4.24. The van der Waals surface area contributed by atoms with Crippen molar-refractivity contribution in [2.24, 2.45) is 5.73 Å². The summed E-state index contributed by atoms with van der Waals surface area (Å²) in [7, 11) is 1.78. The molecule has 0 aliphatic heterocycles. The van der Waals surface area contributed by atoms with Crippen molar-refractivity contribution in [2.45, 2.75) is 13.3 Å². The summed E-state index contributed by atoms with van der Waals surface area (Å²) in [6.07, 6.45) is 0.983. The van der Waals surface area contributed by atoms with Gasteiger partial charge in [0.05, 0.1) is 13.2 Å². The second-order valence-electron chi connectivity index (χ2n) is 4.18. The Labute approximate surface area is 109 Å². The summed E-state index contributed by atoms with van der Waals surface area (Å²) in [5.74, 6) is 0.0222. The van der Waals surface area contributed by atoms with E-state index in [2.05, 4.69) is 6.92 Å². The highest BCUT2D eigenvalue weighted by atomic mass is 16.5. The lowest BCUT2D eigenvalue weighted by Crippen LogP contribution is -2.30. The molecule has 0 radical (unpaired) electrons. The standard InChI is InChI=1S/C14H22N2O2/c1-3-12-4-6-13(7-5-12)14(17)16(2)9-11-18-10-8-15/h4-7H,3,8-11,15H2,1-2H3. The van der Waals surface area contributed by atoms with E-state index >= 15 is 0 Å². The zero-order valence-electron chi connectivity index (χ0n) is 11.2. The predicted octanol–water partition coefficient (Wildman–Crippen LogP) is 1.30. The number of aryl methyl sites for hydroxylation is 1. The van der Waals surface area contributed by atoms with Crippen molar-refractivity contribution in [1.29, 1.82) is 0 Å². The van der Waals surface area contributed by atoms with E-state index in [0.29, 0.717) is 31.9 Å². The Kier molecular flexibility index (Phi) is 6.39. The molecule has 0 aliphatic rings.